The molecule has 1 N–H and O–H groups in total. The molecule has 1 aliphatic rings. The Hall–Kier alpha value is -2.95. The molecule has 0 aromatic carbocycles. The van der Waals surface area contributed by atoms with E-state index in [4.69, 9.17) is 5.26 Å². The average molecular weight is 322 g/mol. The molecular formula is C16H18N8. The van der Waals surface area contributed by atoms with E-state index in [1.165, 1.54) is 11.3 Å². The van der Waals surface area contributed by atoms with Crippen molar-refractivity contribution in [3.8, 4) is 6.07 Å². The Bertz CT molecular complexity index is 916. The summed E-state index contributed by atoms with van der Waals surface area (Å²) in [6, 6.07) is 2.33. The summed E-state index contributed by atoms with van der Waals surface area (Å²) >= 11 is 0. The van der Waals surface area contributed by atoms with Gasteiger partial charge in [-0.25, -0.2) is 14.6 Å². The average Bonchev–Trinajstić information content (AvgIpc) is 3.19. The van der Waals surface area contributed by atoms with Crippen molar-refractivity contribution in [2.75, 3.05) is 5.32 Å². The van der Waals surface area contributed by atoms with Crippen LogP contribution >= 0.6 is 0 Å². The molecule has 0 aliphatic heterocycles. The minimum atomic E-state index is 0.197. The summed E-state index contributed by atoms with van der Waals surface area (Å²) in [4.78, 5) is 8.73. The fourth-order valence-electron chi connectivity index (χ4n) is 3.35. The first kappa shape index (κ1) is 14.6. The van der Waals surface area contributed by atoms with Crippen LogP contribution in [0.4, 0.5) is 5.82 Å². The highest BCUT2D eigenvalue weighted by atomic mass is 15.3. The van der Waals surface area contributed by atoms with Crippen molar-refractivity contribution in [3.63, 3.8) is 0 Å². The summed E-state index contributed by atoms with van der Waals surface area (Å²) in [7, 11) is 1.99. The first-order valence-electron chi connectivity index (χ1n) is 8.08. The maximum Gasteiger partial charge on any atom is 0.163 e. The quantitative estimate of drug-likeness (QED) is 0.788. The number of fused-ring (bicyclic) bond motifs is 2. The van der Waals surface area contributed by atoms with E-state index in [1.807, 2.05) is 17.9 Å². The maximum atomic E-state index is 8.76. The van der Waals surface area contributed by atoms with Gasteiger partial charge < -0.3 is 5.32 Å². The standard InChI is InChI=1S/C16H18N8/c1-23-14-5-2-4-13(11(14)8-20-23)22-15-12-9-21-24(7-3-6-17)16(12)19-10-18-15/h8-10,13H,2-5,7H2,1H3,(H,18,19,22)/t13-/m1/s1. The van der Waals surface area contributed by atoms with E-state index >= 15 is 0 Å². The van der Waals surface area contributed by atoms with Gasteiger partial charge in [-0.05, 0) is 19.3 Å². The lowest BCUT2D eigenvalue weighted by Crippen LogP contribution is -2.18. The third-order valence-corrected chi connectivity index (χ3v) is 4.56. The number of rotatable bonds is 4. The molecule has 0 unspecified atom stereocenters. The van der Waals surface area contributed by atoms with Crippen LogP contribution in [-0.2, 0) is 20.0 Å². The topological polar surface area (TPSA) is 97.2 Å². The highest BCUT2D eigenvalue weighted by molar-refractivity contribution is 5.86. The summed E-state index contributed by atoms with van der Waals surface area (Å²) in [5, 5.41) is 21.9. The van der Waals surface area contributed by atoms with Crippen molar-refractivity contribution in [3.05, 3.63) is 30.0 Å². The number of nitrogens with zero attached hydrogens (tertiary/aromatic N) is 7. The van der Waals surface area contributed by atoms with Gasteiger partial charge in [0.15, 0.2) is 5.65 Å². The van der Waals surface area contributed by atoms with E-state index in [1.54, 1.807) is 17.2 Å². The molecule has 1 atom stereocenters. The predicted molar refractivity (Wildman–Crippen MR) is 88.1 cm³/mol. The highest BCUT2D eigenvalue weighted by Crippen LogP contribution is 2.33. The van der Waals surface area contributed by atoms with Gasteiger partial charge in [0.25, 0.3) is 0 Å². The zero-order valence-corrected chi connectivity index (χ0v) is 13.5. The molecule has 0 radical (unpaired) electrons. The van der Waals surface area contributed by atoms with E-state index in [2.05, 4.69) is 31.6 Å². The minimum Gasteiger partial charge on any atom is -0.362 e. The maximum absolute atomic E-state index is 8.76. The molecule has 0 bridgehead atoms. The number of anilines is 1. The van der Waals surface area contributed by atoms with Crippen molar-refractivity contribution >= 4 is 16.9 Å². The molecule has 8 nitrogen and oxygen atoms in total. The van der Waals surface area contributed by atoms with E-state index < -0.39 is 0 Å². The molecule has 0 spiro atoms. The zero-order valence-electron chi connectivity index (χ0n) is 13.5. The van der Waals surface area contributed by atoms with Crippen molar-refractivity contribution in [2.24, 2.45) is 7.05 Å². The van der Waals surface area contributed by atoms with Gasteiger partial charge in [0.2, 0.25) is 0 Å². The van der Waals surface area contributed by atoms with Crippen molar-refractivity contribution in [2.45, 2.75) is 38.3 Å². The van der Waals surface area contributed by atoms with Crippen molar-refractivity contribution in [1.82, 2.24) is 29.5 Å². The lowest BCUT2D eigenvalue weighted by molar-refractivity contribution is 0.570. The summed E-state index contributed by atoms with van der Waals surface area (Å²) in [6.45, 7) is 0.534. The van der Waals surface area contributed by atoms with Gasteiger partial charge >= 0.3 is 0 Å². The van der Waals surface area contributed by atoms with Crippen LogP contribution in [0.2, 0.25) is 0 Å². The van der Waals surface area contributed by atoms with E-state index in [-0.39, 0.29) is 6.04 Å². The van der Waals surface area contributed by atoms with E-state index in [0.29, 0.717) is 13.0 Å². The summed E-state index contributed by atoms with van der Waals surface area (Å²) < 4.78 is 3.71. The number of hydrogen-bond donors (Lipinski definition) is 1. The molecule has 1 aliphatic carbocycles. The minimum absolute atomic E-state index is 0.197. The van der Waals surface area contributed by atoms with Gasteiger partial charge in [-0.15, -0.1) is 0 Å². The van der Waals surface area contributed by atoms with E-state index in [9.17, 15) is 0 Å². The van der Waals surface area contributed by atoms with Crippen molar-refractivity contribution in [1.29, 1.82) is 5.26 Å². The molecule has 122 valence electrons. The molecule has 4 rings (SSSR count). The van der Waals surface area contributed by atoms with E-state index in [0.717, 1.165) is 36.1 Å². The smallest absolute Gasteiger partial charge is 0.163 e. The Morgan fingerprint density at radius 1 is 1.33 bits per heavy atom. The van der Waals surface area contributed by atoms with Gasteiger partial charge in [-0.2, -0.15) is 15.5 Å². The Morgan fingerprint density at radius 2 is 2.25 bits per heavy atom. The molecule has 24 heavy (non-hydrogen) atoms. The molecule has 0 saturated heterocycles. The number of nitriles is 1. The van der Waals surface area contributed by atoms with Crippen LogP contribution < -0.4 is 5.32 Å². The molecule has 8 heteroatoms. The second kappa shape index (κ2) is 5.92. The molecule has 3 aromatic heterocycles. The van der Waals surface area contributed by atoms with Crippen LogP contribution in [0.3, 0.4) is 0 Å². The fraction of sp³-hybridized carbons (Fsp3) is 0.438. The Morgan fingerprint density at radius 3 is 3.12 bits per heavy atom. The number of aryl methyl sites for hydroxylation is 2. The second-order valence-electron chi connectivity index (χ2n) is 5.99. The van der Waals surface area contributed by atoms with Crippen molar-refractivity contribution < 1.29 is 0 Å². The lowest BCUT2D eigenvalue weighted by Gasteiger charge is -2.24. The van der Waals surface area contributed by atoms with Gasteiger partial charge in [0.05, 0.1) is 42.9 Å². The third kappa shape index (κ3) is 2.38. The van der Waals surface area contributed by atoms with Crippen LogP contribution in [0.5, 0.6) is 0 Å². The first-order chi connectivity index (χ1) is 11.8. The summed E-state index contributed by atoms with van der Waals surface area (Å²) in [5.74, 6) is 0.782. The SMILES string of the molecule is Cn1ncc2c1CCC[C@H]2Nc1ncnc2c1cnn2CCC#N. The van der Waals surface area contributed by atoms with Crippen LogP contribution in [-0.4, -0.2) is 29.5 Å². The molecule has 3 aromatic rings. The van der Waals surface area contributed by atoms with Crippen LogP contribution in [0.15, 0.2) is 18.7 Å². The molecule has 0 amide bonds. The highest BCUT2D eigenvalue weighted by Gasteiger charge is 2.24. The van der Waals surface area contributed by atoms with Crippen LogP contribution in [0.1, 0.15) is 36.6 Å². The number of hydrogen-bond acceptors (Lipinski definition) is 6. The largest absolute Gasteiger partial charge is 0.362 e. The van der Waals surface area contributed by atoms with Crippen LogP contribution in [0, 0.1) is 11.3 Å². The molecular weight excluding hydrogens is 304 g/mol. The summed E-state index contributed by atoms with van der Waals surface area (Å²) in [5.41, 5.74) is 3.28. The van der Waals surface area contributed by atoms with Gasteiger partial charge in [0.1, 0.15) is 12.1 Å². The zero-order chi connectivity index (χ0) is 16.5. The fourth-order valence-corrected chi connectivity index (χ4v) is 3.35. The second-order valence-corrected chi connectivity index (χ2v) is 5.99. The van der Waals surface area contributed by atoms with Gasteiger partial charge in [0, 0.05) is 18.3 Å². The molecule has 3 heterocycles. The monoisotopic (exact) mass is 322 g/mol. The number of aromatic nitrogens is 6. The Labute approximate surface area is 139 Å². The molecule has 0 saturated carbocycles. The Kier molecular flexibility index (Phi) is 3.61. The van der Waals surface area contributed by atoms with Gasteiger partial charge in [-0.3, -0.25) is 4.68 Å². The summed E-state index contributed by atoms with van der Waals surface area (Å²) in [6.07, 6.45) is 8.90. The normalized spacial score (nSPS) is 16.8. The van der Waals surface area contributed by atoms with Gasteiger partial charge in [-0.1, -0.05) is 0 Å². The third-order valence-electron chi connectivity index (χ3n) is 4.56. The molecule has 0 fully saturated rings. The predicted octanol–water partition coefficient (Wildman–Crippen LogP) is 1.96. The van der Waals surface area contributed by atoms with Crippen LogP contribution in [0.25, 0.3) is 11.0 Å². The number of nitrogens with one attached hydrogen (secondary N) is 1. The first-order valence-corrected chi connectivity index (χ1v) is 8.08. The Balaban J connectivity index is 1.66. The lowest BCUT2D eigenvalue weighted by atomic mass is 9.93.